The molecule has 0 bridgehead atoms. The second-order valence-corrected chi connectivity index (χ2v) is 6.21. The molecule has 1 fully saturated rings. The van der Waals surface area contributed by atoms with Crippen molar-refractivity contribution >= 4 is 21.8 Å². The minimum atomic E-state index is 0.315. The highest BCUT2D eigenvalue weighted by Gasteiger charge is 2.21. The van der Waals surface area contributed by atoms with Crippen LogP contribution in [0, 0.1) is 0 Å². The lowest BCUT2D eigenvalue weighted by Crippen LogP contribution is -2.40. The normalized spacial score (nSPS) is 19.8. The monoisotopic (exact) mass is 309 g/mol. The smallest absolute Gasteiger partial charge is 0.222 e. The largest absolute Gasteiger partial charge is 0.342 e. The van der Waals surface area contributed by atoms with Crippen LogP contribution >= 0.6 is 15.9 Å². The predicted molar refractivity (Wildman–Crippen MR) is 77.9 cm³/mol. The van der Waals surface area contributed by atoms with E-state index >= 15 is 0 Å². The Kier molecular flexibility index (Phi) is 5.24. The molecule has 1 aliphatic rings. The fourth-order valence-corrected chi connectivity index (χ4v) is 3.07. The predicted octanol–water partition coefficient (Wildman–Crippen LogP) is 3.40. The quantitative estimate of drug-likeness (QED) is 0.781. The zero-order valence-corrected chi connectivity index (χ0v) is 12.2. The van der Waals surface area contributed by atoms with Gasteiger partial charge in [-0.3, -0.25) is 4.79 Å². The van der Waals surface area contributed by atoms with Gasteiger partial charge in [-0.1, -0.05) is 46.3 Å². The fraction of sp³-hybridized carbons (Fsp3) is 0.533. The van der Waals surface area contributed by atoms with Crippen LogP contribution < -0.4 is 0 Å². The van der Waals surface area contributed by atoms with Crippen molar-refractivity contribution in [2.45, 2.75) is 36.9 Å². The Morgan fingerprint density at radius 2 is 2.11 bits per heavy atom. The van der Waals surface area contributed by atoms with Gasteiger partial charge in [-0.25, -0.2) is 0 Å². The minimum Gasteiger partial charge on any atom is -0.342 e. The second kappa shape index (κ2) is 6.93. The molecule has 1 amide bonds. The lowest BCUT2D eigenvalue weighted by molar-refractivity contribution is -0.132. The van der Waals surface area contributed by atoms with E-state index in [1.807, 2.05) is 11.0 Å². The first-order valence-corrected chi connectivity index (χ1v) is 7.63. The molecule has 0 saturated carbocycles. The Morgan fingerprint density at radius 3 is 2.83 bits per heavy atom. The third-order valence-corrected chi connectivity index (χ3v) is 4.16. The van der Waals surface area contributed by atoms with E-state index in [1.165, 1.54) is 12.0 Å². The summed E-state index contributed by atoms with van der Waals surface area (Å²) in [7, 11) is 0. The summed E-state index contributed by atoms with van der Waals surface area (Å²) in [5, 5.41) is 0. The third-order valence-electron chi connectivity index (χ3n) is 3.42. The van der Waals surface area contributed by atoms with Crippen LogP contribution in [0.1, 0.15) is 31.2 Å². The van der Waals surface area contributed by atoms with Crippen molar-refractivity contribution in [3.8, 4) is 0 Å². The number of carbonyl (C=O) groups excluding carboxylic acids is 1. The topological polar surface area (TPSA) is 20.3 Å². The van der Waals surface area contributed by atoms with Gasteiger partial charge in [0.15, 0.2) is 0 Å². The maximum absolute atomic E-state index is 12.0. The molecule has 1 saturated heterocycles. The molecular weight excluding hydrogens is 290 g/mol. The molecule has 2 nitrogen and oxygen atoms in total. The summed E-state index contributed by atoms with van der Waals surface area (Å²) >= 11 is 3.61. The van der Waals surface area contributed by atoms with Gasteiger partial charge in [0.2, 0.25) is 5.91 Å². The standard InChI is InChI=1S/C15H20BrNO/c16-14-9-5-11-17(12-14)15(18)10-4-8-13-6-2-1-3-7-13/h1-3,6-7,14H,4-5,8-12H2. The number of aryl methyl sites for hydroxylation is 1. The molecule has 98 valence electrons. The van der Waals surface area contributed by atoms with Crippen molar-refractivity contribution in [1.29, 1.82) is 0 Å². The Bertz CT molecular complexity index is 379. The molecule has 1 unspecified atom stereocenters. The molecule has 3 heteroatoms. The van der Waals surface area contributed by atoms with Gasteiger partial charge in [0.1, 0.15) is 0 Å². The number of benzene rings is 1. The van der Waals surface area contributed by atoms with E-state index in [1.54, 1.807) is 0 Å². The van der Waals surface area contributed by atoms with Gasteiger partial charge in [-0.2, -0.15) is 0 Å². The van der Waals surface area contributed by atoms with E-state index in [-0.39, 0.29) is 0 Å². The minimum absolute atomic E-state index is 0.315. The summed E-state index contributed by atoms with van der Waals surface area (Å²) in [4.78, 5) is 14.5. The zero-order chi connectivity index (χ0) is 12.8. The van der Waals surface area contributed by atoms with Crippen LogP contribution in [0.3, 0.4) is 0 Å². The zero-order valence-electron chi connectivity index (χ0n) is 10.6. The number of carbonyl (C=O) groups is 1. The van der Waals surface area contributed by atoms with E-state index < -0.39 is 0 Å². The molecule has 1 heterocycles. The maximum Gasteiger partial charge on any atom is 0.222 e. The van der Waals surface area contributed by atoms with Crippen molar-refractivity contribution < 1.29 is 4.79 Å². The molecular formula is C15H20BrNO. The fourth-order valence-electron chi connectivity index (χ4n) is 2.40. The van der Waals surface area contributed by atoms with Crippen LogP contribution in [0.2, 0.25) is 0 Å². The van der Waals surface area contributed by atoms with Gasteiger partial charge < -0.3 is 4.90 Å². The van der Waals surface area contributed by atoms with Crippen LogP contribution in [-0.4, -0.2) is 28.7 Å². The highest BCUT2D eigenvalue weighted by atomic mass is 79.9. The van der Waals surface area contributed by atoms with Crippen molar-refractivity contribution in [2.24, 2.45) is 0 Å². The van der Waals surface area contributed by atoms with Crippen LogP contribution in [0.25, 0.3) is 0 Å². The van der Waals surface area contributed by atoms with E-state index in [4.69, 9.17) is 0 Å². The molecule has 1 aliphatic heterocycles. The molecule has 0 radical (unpaired) electrons. The lowest BCUT2D eigenvalue weighted by Gasteiger charge is -2.30. The highest BCUT2D eigenvalue weighted by Crippen LogP contribution is 2.18. The third kappa shape index (κ3) is 4.13. The van der Waals surface area contributed by atoms with E-state index in [9.17, 15) is 4.79 Å². The molecule has 2 rings (SSSR count). The van der Waals surface area contributed by atoms with Gasteiger partial charge in [0.05, 0.1) is 0 Å². The van der Waals surface area contributed by atoms with E-state index in [0.29, 0.717) is 17.2 Å². The molecule has 0 N–H and O–H groups in total. The molecule has 18 heavy (non-hydrogen) atoms. The van der Waals surface area contributed by atoms with Crippen molar-refractivity contribution in [3.05, 3.63) is 35.9 Å². The van der Waals surface area contributed by atoms with Gasteiger partial charge >= 0.3 is 0 Å². The summed E-state index contributed by atoms with van der Waals surface area (Å²) < 4.78 is 0. The number of rotatable bonds is 4. The highest BCUT2D eigenvalue weighted by molar-refractivity contribution is 9.09. The van der Waals surface area contributed by atoms with Crippen LogP contribution in [0.5, 0.6) is 0 Å². The lowest BCUT2D eigenvalue weighted by atomic mass is 10.1. The maximum atomic E-state index is 12.0. The Morgan fingerprint density at radius 1 is 1.33 bits per heavy atom. The average Bonchev–Trinajstić information content (AvgIpc) is 2.40. The van der Waals surface area contributed by atoms with Gasteiger partial charge in [0.25, 0.3) is 0 Å². The Labute approximate surface area is 117 Å². The first-order valence-electron chi connectivity index (χ1n) is 6.71. The average molecular weight is 310 g/mol. The van der Waals surface area contributed by atoms with Gasteiger partial charge in [-0.15, -0.1) is 0 Å². The Balaban J connectivity index is 1.71. The van der Waals surface area contributed by atoms with Crippen molar-refractivity contribution in [3.63, 3.8) is 0 Å². The first-order chi connectivity index (χ1) is 8.75. The van der Waals surface area contributed by atoms with Crippen molar-refractivity contribution in [2.75, 3.05) is 13.1 Å². The molecule has 1 aromatic carbocycles. The summed E-state index contributed by atoms with van der Waals surface area (Å²) in [6.07, 6.45) is 4.94. The number of halogens is 1. The van der Waals surface area contributed by atoms with Crippen molar-refractivity contribution in [1.82, 2.24) is 4.90 Å². The molecule has 0 aliphatic carbocycles. The number of hydrogen-bond acceptors (Lipinski definition) is 1. The van der Waals surface area contributed by atoms with Gasteiger partial charge in [0, 0.05) is 24.3 Å². The number of piperidine rings is 1. The Hall–Kier alpha value is -0.830. The van der Waals surface area contributed by atoms with E-state index in [2.05, 4.69) is 40.2 Å². The second-order valence-electron chi connectivity index (χ2n) is 4.92. The number of hydrogen-bond donors (Lipinski definition) is 0. The molecule has 0 spiro atoms. The molecule has 1 aromatic rings. The number of nitrogens with zero attached hydrogens (tertiary/aromatic N) is 1. The number of alkyl halides is 1. The van der Waals surface area contributed by atoms with Crippen LogP contribution in [0.4, 0.5) is 0 Å². The number of amides is 1. The molecule has 0 aromatic heterocycles. The van der Waals surface area contributed by atoms with Gasteiger partial charge in [-0.05, 0) is 31.2 Å². The summed E-state index contributed by atoms with van der Waals surface area (Å²) in [6.45, 7) is 1.82. The summed E-state index contributed by atoms with van der Waals surface area (Å²) in [5.41, 5.74) is 1.32. The first kappa shape index (κ1) is 13.6. The molecule has 1 atom stereocenters. The van der Waals surface area contributed by atoms with Crippen LogP contribution in [-0.2, 0) is 11.2 Å². The number of likely N-dealkylation sites (tertiary alicyclic amines) is 1. The van der Waals surface area contributed by atoms with E-state index in [0.717, 1.165) is 32.4 Å². The van der Waals surface area contributed by atoms with Crippen LogP contribution in [0.15, 0.2) is 30.3 Å². The summed E-state index contributed by atoms with van der Waals surface area (Å²) in [6, 6.07) is 10.4. The SMILES string of the molecule is O=C(CCCc1ccccc1)N1CCCC(Br)C1. The summed E-state index contributed by atoms with van der Waals surface area (Å²) in [5.74, 6) is 0.315.